The highest BCUT2D eigenvalue weighted by molar-refractivity contribution is 6.01. The average Bonchev–Trinajstić information content (AvgIpc) is 1.78. The second-order valence-electron chi connectivity index (χ2n) is 29.2. The molecule has 12 rings (SSSR count). The molecule has 0 N–H and O–H groups in total. The quantitative estimate of drug-likeness (QED) is 0.173. The maximum Gasteiger partial charge on any atom is 0.168 e. The van der Waals surface area contributed by atoms with Crippen LogP contribution in [0.1, 0.15) is 158 Å². The summed E-state index contributed by atoms with van der Waals surface area (Å²) in [7, 11) is 0. The Hall–Kier alpha value is -8.10. The first-order chi connectivity index (χ1) is 38.4. The van der Waals surface area contributed by atoms with Crippen molar-refractivity contribution in [1.82, 2.24) is 19.9 Å². The third-order valence-electron chi connectivity index (χ3n) is 16.8. The number of pyridine rings is 4. The van der Waals surface area contributed by atoms with E-state index in [9.17, 15) is 0 Å². The third kappa shape index (κ3) is 9.61. The Labute approximate surface area is 486 Å². The molecule has 0 spiro atoms. The second kappa shape index (κ2) is 18.7. The van der Waals surface area contributed by atoms with Gasteiger partial charge < -0.3 is 0 Å². The van der Waals surface area contributed by atoms with Crippen LogP contribution in [0.3, 0.4) is 0 Å². The first-order valence-corrected chi connectivity index (χ1v) is 29.3. The summed E-state index contributed by atoms with van der Waals surface area (Å²) >= 11 is 0. The van der Waals surface area contributed by atoms with E-state index in [0.29, 0.717) is 0 Å². The zero-order valence-corrected chi connectivity index (χ0v) is 51.6. The Morgan fingerprint density at radius 2 is 0.427 bits per heavy atom. The molecule has 0 aliphatic carbocycles. The molecule has 10 aromatic rings. The van der Waals surface area contributed by atoms with Crippen LogP contribution in [0, 0.1) is 0 Å². The van der Waals surface area contributed by atoms with Crippen LogP contribution >= 0.6 is 0 Å². The van der Waals surface area contributed by atoms with Gasteiger partial charge in [0.15, 0.2) is 11.6 Å². The molecule has 8 nitrogen and oxygen atoms in total. The van der Waals surface area contributed by atoms with E-state index in [2.05, 4.69) is 302 Å². The van der Waals surface area contributed by atoms with Crippen molar-refractivity contribution in [1.29, 1.82) is 0 Å². The Morgan fingerprint density at radius 1 is 0.220 bits per heavy atom. The van der Waals surface area contributed by atoms with E-state index >= 15 is 0 Å². The highest BCUT2D eigenvalue weighted by Crippen LogP contribution is 2.58. The van der Waals surface area contributed by atoms with Gasteiger partial charge in [-0.15, -0.1) is 0 Å². The van der Waals surface area contributed by atoms with E-state index in [0.717, 1.165) is 101 Å². The monoisotopic (exact) mass is 1080 g/mol. The van der Waals surface area contributed by atoms with Crippen LogP contribution in [0.5, 0.6) is 0 Å². The van der Waals surface area contributed by atoms with Gasteiger partial charge in [0.1, 0.15) is 23.3 Å². The van der Waals surface area contributed by atoms with Gasteiger partial charge in [0, 0.05) is 21.5 Å². The molecule has 0 unspecified atom stereocenters. The third-order valence-corrected chi connectivity index (χ3v) is 16.8. The first kappa shape index (κ1) is 54.5. The summed E-state index contributed by atoms with van der Waals surface area (Å²) in [6.07, 6.45) is 0. The van der Waals surface area contributed by atoms with E-state index in [1.807, 2.05) is 0 Å². The summed E-state index contributed by atoms with van der Waals surface area (Å²) in [6, 6.07) is 58.5. The summed E-state index contributed by atoms with van der Waals surface area (Å²) in [5.41, 5.74) is 14.6. The Balaban J connectivity index is 1.24. The number of fused-ring (bicyclic) bond motifs is 6. The minimum atomic E-state index is -0.178. The molecule has 0 bridgehead atoms. The largest absolute Gasteiger partial charge is 0.275 e. The van der Waals surface area contributed by atoms with Crippen LogP contribution in [-0.4, -0.2) is 19.9 Å². The van der Waals surface area contributed by atoms with Crippen LogP contribution in [0.2, 0.25) is 0 Å². The summed E-state index contributed by atoms with van der Waals surface area (Å²) in [6.45, 7) is 40.9. The molecular formula is C74H80N8. The summed E-state index contributed by atoms with van der Waals surface area (Å²) in [5.74, 6) is 4.77. The molecule has 8 heteroatoms. The van der Waals surface area contributed by atoms with Gasteiger partial charge in [-0.3, -0.25) is 19.6 Å². The van der Waals surface area contributed by atoms with Crippen molar-refractivity contribution in [3.63, 3.8) is 0 Å². The Kier molecular flexibility index (Phi) is 12.4. The van der Waals surface area contributed by atoms with Gasteiger partial charge >= 0.3 is 0 Å². The number of benzene rings is 6. The number of aromatic nitrogens is 4. The molecule has 6 heterocycles. The predicted molar refractivity (Wildman–Crippen MR) is 348 cm³/mol. The molecule has 0 saturated carbocycles. The molecule has 2 aliphatic rings. The van der Waals surface area contributed by atoms with Crippen molar-refractivity contribution >= 4 is 89.6 Å². The van der Waals surface area contributed by atoms with Crippen LogP contribution in [-0.2, 0) is 32.5 Å². The molecule has 416 valence electrons. The van der Waals surface area contributed by atoms with Crippen LogP contribution in [0.4, 0.5) is 46.0 Å². The van der Waals surface area contributed by atoms with Gasteiger partial charge in [0.25, 0.3) is 0 Å². The van der Waals surface area contributed by atoms with Crippen molar-refractivity contribution in [2.75, 3.05) is 19.6 Å². The SMILES string of the molecule is CC(C)(C)c1ccc2c(c1)N(c1ccc3cc(C(C)(C)C)ccc3n1)/C(=C1\N(c3ccc4cc(C(C)(C)C)ccc4n3)c3ccc(C(C)(C)C)cc3N1c1ccc3cc(C(C)(C)C)ccc3n1)N2c1ccc2cc(C(C)(C)C)ccc2n1. The zero-order valence-electron chi connectivity index (χ0n) is 51.6. The van der Waals surface area contributed by atoms with Crippen LogP contribution in [0.15, 0.2) is 169 Å². The highest BCUT2D eigenvalue weighted by atomic mass is 15.5. The number of rotatable bonds is 4. The Bertz CT molecular complexity index is 3980. The number of hydrogen-bond donors (Lipinski definition) is 0. The van der Waals surface area contributed by atoms with Gasteiger partial charge in [-0.05, 0) is 187 Å². The smallest absolute Gasteiger partial charge is 0.168 e. The van der Waals surface area contributed by atoms with Gasteiger partial charge in [-0.1, -0.05) is 161 Å². The fourth-order valence-corrected chi connectivity index (χ4v) is 11.5. The Morgan fingerprint density at radius 3 is 0.659 bits per heavy atom. The van der Waals surface area contributed by atoms with E-state index in [4.69, 9.17) is 19.9 Å². The fourth-order valence-electron chi connectivity index (χ4n) is 11.5. The van der Waals surface area contributed by atoms with Crippen molar-refractivity contribution in [3.05, 3.63) is 203 Å². The predicted octanol–water partition coefficient (Wildman–Crippen LogP) is 20.1. The molecule has 6 aromatic carbocycles. The minimum Gasteiger partial charge on any atom is -0.275 e. The molecule has 4 aromatic heterocycles. The van der Waals surface area contributed by atoms with Gasteiger partial charge in [-0.25, -0.2) is 19.9 Å². The highest BCUT2D eigenvalue weighted by Gasteiger charge is 2.47. The van der Waals surface area contributed by atoms with E-state index in [1.165, 1.54) is 33.4 Å². The topological polar surface area (TPSA) is 64.5 Å². The number of anilines is 8. The zero-order chi connectivity index (χ0) is 58.4. The normalized spacial score (nSPS) is 15.4. The van der Waals surface area contributed by atoms with Gasteiger partial charge in [0.2, 0.25) is 0 Å². The van der Waals surface area contributed by atoms with Crippen LogP contribution < -0.4 is 19.6 Å². The lowest BCUT2D eigenvalue weighted by molar-refractivity contribution is 0.590. The molecule has 82 heavy (non-hydrogen) atoms. The van der Waals surface area contributed by atoms with Gasteiger partial charge in [-0.2, -0.15) is 0 Å². The summed E-state index contributed by atoms with van der Waals surface area (Å²) in [4.78, 5) is 32.3. The summed E-state index contributed by atoms with van der Waals surface area (Å²) in [5, 5.41) is 4.36. The molecule has 2 aliphatic heterocycles. The van der Waals surface area contributed by atoms with Crippen molar-refractivity contribution < 1.29 is 0 Å². The molecule has 0 saturated heterocycles. The lowest BCUT2D eigenvalue weighted by Crippen LogP contribution is -2.34. The van der Waals surface area contributed by atoms with E-state index < -0.39 is 0 Å². The average molecular weight is 1080 g/mol. The van der Waals surface area contributed by atoms with Gasteiger partial charge in [0.05, 0.1) is 44.8 Å². The fraction of sp³-hybridized carbons (Fsp3) is 0.324. The molecule has 0 amide bonds. The lowest BCUT2D eigenvalue weighted by Gasteiger charge is -2.33. The minimum absolute atomic E-state index is 0.0284. The molecular weight excluding hydrogens is 1000 g/mol. The lowest BCUT2D eigenvalue weighted by atomic mass is 9.86. The standard InChI is InChI=1S/C74H80N8/c1-69(2,3)49-23-29-55-45(39-49)19-35-63(75-55)79-59-33-27-53(73(13,14)15)43-61(59)81(65-37-21-47-41-51(71(7,8)9)25-31-57(47)77-65)67(79)68-80(64-36-20-46-40-50(70(4,5)6)24-30-56(46)76-64)60-34-28-54(74(16,17)18)44-62(60)82(68)66-38-22-48-42-52(72(10,11)12)26-32-58(48)78-66/h19-44H,1-18H3/b68-67+. The van der Waals surface area contributed by atoms with Crippen molar-refractivity contribution in [2.45, 2.75) is 157 Å². The first-order valence-electron chi connectivity index (χ1n) is 29.3. The maximum absolute atomic E-state index is 5.71. The number of nitrogens with zero attached hydrogens (tertiary/aromatic N) is 8. The van der Waals surface area contributed by atoms with Crippen molar-refractivity contribution in [2.24, 2.45) is 0 Å². The maximum atomic E-state index is 5.71. The van der Waals surface area contributed by atoms with E-state index in [1.54, 1.807) is 0 Å². The molecule has 0 atom stereocenters. The summed E-state index contributed by atoms with van der Waals surface area (Å²) < 4.78 is 0. The van der Waals surface area contributed by atoms with Crippen molar-refractivity contribution in [3.8, 4) is 0 Å². The van der Waals surface area contributed by atoms with Crippen LogP contribution in [0.25, 0.3) is 43.6 Å². The second-order valence-corrected chi connectivity index (χ2v) is 29.2. The molecule has 0 fully saturated rings. The molecule has 0 radical (unpaired) electrons. The van der Waals surface area contributed by atoms with E-state index in [-0.39, 0.29) is 32.5 Å². The number of hydrogen-bond acceptors (Lipinski definition) is 8.